The van der Waals surface area contributed by atoms with Gasteiger partial charge in [0.05, 0.1) is 0 Å². The number of hydrogen-bond acceptors (Lipinski definition) is 1. The van der Waals surface area contributed by atoms with Crippen molar-refractivity contribution in [1.29, 1.82) is 0 Å². The molecule has 2 nitrogen and oxygen atoms in total. The highest BCUT2D eigenvalue weighted by atomic mass is 16.5. The van der Waals surface area contributed by atoms with Crippen molar-refractivity contribution >= 4 is 12.3 Å². The standard InChI is InChI=1S/C31H36NO/c1-23-17-24(2)20-28(19-23)31(33-5,29-21-25(3)18-26(4)22-29)30-14-10-16-32(30)15-9-13-27-11-7-6-8-12-27/h6-9,11-13,15,17-22,30H,10,14,16H2,1-5H3/q+1/b13-9+,32-15?. The van der Waals surface area contributed by atoms with E-state index in [1.807, 2.05) is 7.11 Å². The van der Waals surface area contributed by atoms with E-state index in [-0.39, 0.29) is 6.04 Å². The van der Waals surface area contributed by atoms with Crippen molar-refractivity contribution in [3.05, 3.63) is 112 Å². The summed E-state index contributed by atoms with van der Waals surface area (Å²) in [6.07, 6.45) is 8.85. The number of nitrogens with zero attached hydrogens (tertiary/aromatic N) is 1. The Kier molecular flexibility index (Phi) is 6.95. The number of ether oxygens (including phenoxy) is 1. The summed E-state index contributed by atoms with van der Waals surface area (Å²) in [4.78, 5) is 0. The first kappa shape index (κ1) is 23.2. The van der Waals surface area contributed by atoms with Gasteiger partial charge in [-0.3, -0.25) is 0 Å². The highest BCUT2D eigenvalue weighted by molar-refractivity contribution is 5.74. The molecule has 0 bridgehead atoms. The molecule has 170 valence electrons. The van der Waals surface area contributed by atoms with Crippen LogP contribution in [-0.4, -0.2) is 30.5 Å². The Balaban J connectivity index is 1.86. The number of hydrogen-bond donors (Lipinski definition) is 0. The fraction of sp³-hybridized carbons (Fsp3) is 0.323. The first-order valence-electron chi connectivity index (χ1n) is 12.0. The molecule has 1 atom stereocenters. The molecule has 2 heteroatoms. The van der Waals surface area contributed by atoms with Crippen LogP contribution in [0.1, 0.15) is 51.8 Å². The third kappa shape index (κ3) is 4.86. The molecule has 3 aromatic carbocycles. The molecular formula is C31H36NO+. The predicted molar refractivity (Wildman–Crippen MR) is 139 cm³/mol. The van der Waals surface area contributed by atoms with Crippen molar-refractivity contribution in [1.82, 2.24) is 0 Å². The second-order valence-electron chi connectivity index (χ2n) is 9.51. The Morgan fingerprint density at radius 3 is 1.88 bits per heavy atom. The van der Waals surface area contributed by atoms with E-state index in [4.69, 9.17) is 4.74 Å². The van der Waals surface area contributed by atoms with Crippen LogP contribution >= 0.6 is 0 Å². The highest BCUT2D eigenvalue weighted by Crippen LogP contribution is 2.43. The van der Waals surface area contributed by atoms with Crippen LogP contribution in [0.3, 0.4) is 0 Å². The lowest BCUT2D eigenvalue weighted by molar-refractivity contribution is -0.559. The van der Waals surface area contributed by atoms with E-state index in [1.165, 1.54) is 38.9 Å². The minimum Gasteiger partial charge on any atom is -0.362 e. The maximum Gasteiger partial charge on any atom is 0.190 e. The van der Waals surface area contributed by atoms with Crippen molar-refractivity contribution in [2.75, 3.05) is 13.7 Å². The molecule has 0 saturated carbocycles. The fourth-order valence-corrected chi connectivity index (χ4v) is 5.53. The van der Waals surface area contributed by atoms with Gasteiger partial charge in [0, 0.05) is 26.0 Å². The van der Waals surface area contributed by atoms with E-state index < -0.39 is 5.60 Å². The Hall–Kier alpha value is -2.97. The number of allylic oxidation sites excluding steroid dienone is 1. The molecule has 1 heterocycles. The van der Waals surface area contributed by atoms with Crippen molar-refractivity contribution < 1.29 is 9.31 Å². The third-order valence-corrected chi connectivity index (χ3v) is 6.75. The Labute approximate surface area is 199 Å². The molecule has 3 aromatic rings. The van der Waals surface area contributed by atoms with Gasteiger partial charge < -0.3 is 4.74 Å². The molecule has 1 saturated heterocycles. The molecule has 0 N–H and O–H groups in total. The first-order valence-corrected chi connectivity index (χ1v) is 12.0. The summed E-state index contributed by atoms with van der Waals surface area (Å²) in [7, 11) is 1.88. The lowest BCUT2D eigenvalue weighted by Gasteiger charge is -2.37. The van der Waals surface area contributed by atoms with E-state index >= 15 is 0 Å². The molecule has 0 aromatic heterocycles. The smallest absolute Gasteiger partial charge is 0.190 e. The number of rotatable bonds is 6. The summed E-state index contributed by atoms with van der Waals surface area (Å²) < 4.78 is 9.11. The minimum atomic E-state index is -0.541. The van der Waals surface area contributed by atoms with Crippen LogP contribution in [0.4, 0.5) is 0 Å². The van der Waals surface area contributed by atoms with Gasteiger partial charge in [-0.05, 0) is 50.5 Å². The van der Waals surface area contributed by atoms with Crippen molar-refractivity contribution in [3.8, 4) is 0 Å². The normalized spacial score (nSPS) is 17.8. The average molecular weight is 439 g/mol. The van der Waals surface area contributed by atoms with Crippen molar-refractivity contribution in [3.63, 3.8) is 0 Å². The summed E-state index contributed by atoms with van der Waals surface area (Å²) in [5, 5.41) is 0. The zero-order valence-corrected chi connectivity index (χ0v) is 20.6. The Morgan fingerprint density at radius 2 is 1.36 bits per heavy atom. The zero-order chi connectivity index (χ0) is 23.4. The molecule has 0 amide bonds. The van der Waals surface area contributed by atoms with Gasteiger partial charge in [0.25, 0.3) is 0 Å². The van der Waals surface area contributed by atoms with Gasteiger partial charge in [0.2, 0.25) is 0 Å². The molecule has 0 aliphatic carbocycles. The van der Waals surface area contributed by atoms with Crippen molar-refractivity contribution in [2.45, 2.75) is 52.2 Å². The third-order valence-electron chi connectivity index (χ3n) is 6.75. The van der Waals surface area contributed by atoms with E-state index in [2.05, 4.69) is 117 Å². The monoisotopic (exact) mass is 438 g/mol. The van der Waals surface area contributed by atoms with E-state index in [0.717, 1.165) is 19.4 Å². The summed E-state index contributed by atoms with van der Waals surface area (Å²) in [6, 6.07) is 24.4. The van der Waals surface area contributed by atoms with E-state index in [1.54, 1.807) is 0 Å². The van der Waals surface area contributed by atoms with Gasteiger partial charge in [-0.1, -0.05) is 89.0 Å². The Morgan fingerprint density at radius 1 is 0.818 bits per heavy atom. The van der Waals surface area contributed by atoms with Gasteiger partial charge in [-0.15, -0.1) is 0 Å². The SMILES string of the molecule is COC(c1cc(C)cc(C)c1)(c1cc(C)cc(C)c1)C1CCC[N+]1=C/C=C/c1ccccc1. The van der Waals surface area contributed by atoms with E-state index in [9.17, 15) is 0 Å². The van der Waals surface area contributed by atoms with Crippen LogP contribution in [0, 0.1) is 27.7 Å². The maximum atomic E-state index is 6.62. The second-order valence-corrected chi connectivity index (χ2v) is 9.51. The molecule has 33 heavy (non-hydrogen) atoms. The minimum absolute atomic E-state index is 0.213. The molecule has 0 spiro atoms. The Bertz CT molecular complexity index is 1080. The largest absolute Gasteiger partial charge is 0.362 e. The van der Waals surface area contributed by atoms with E-state index in [0.29, 0.717) is 0 Å². The van der Waals surface area contributed by atoms with Gasteiger partial charge in [0.1, 0.15) is 6.54 Å². The lowest BCUT2D eigenvalue weighted by atomic mass is 9.77. The molecule has 1 fully saturated rings. The fourth-order valence-electron chi connectivity index (χ4n) is 5.53. The molecule has 0 radical (unpaired) electrons. The predicted octanol–water partition coefficient (Wildman–Crippen LogP) is 6.77. The van der Waals surface area contributed by atoms with Crippen LogP contribution in [0.2, 0.25) is 0 Å². The molecular weight excluding hydrogens is 402 g/mol. The van der Waals surface area contributed by atoms with Gasteiger partial charge >= 0.3 is 0 Å². The zero-order valence-electron chi connectivity index (χ0n) is 20.6. The summed E-state index contributed by atoms with van der Waals surface area (Å²) in [5.41, 5.74) is 8.24. The second kappa shape index (κ2) is 9.89. The van der Waals surface area contributed by atoms with Crippen LogP contribution in [0.25, 0.3) is 6.08 Å². The van der Waals surface area contributed by atoms with Gasteiger partial charge in [0.15, 0.2) is 17.9 Å². The molecule has 1 aliphatic heterocycles. The number of benzene rings is 3. The maximum absolute atomic E-state index is 6.62. The summed E-state index contributed by atoms with van der Waals surface area (Å²) in [5.74, 6) is 0. The van der Waals surface area contributed by atoms with Crippen LogP contribution < -0.4 is 0 Å². The lowest BCUT2D eigenvalue weighted by Crippen LogP contribution is -2.46. The molecule has 1 unspecified atom stereocenters. The van der Waals surface area contributed by atoms with Crippen molar-refractivity contribution in [2.24, 2.45) is 0 Å². The molecule has 1 aliphatic rings. The number of methoxy groups -OCH3 is 1. The van der Waals surface area contributed by atoms with Crippen LogP contribution in [0.5, 0.6) is 0 Å². The molecule has 4 rings (SSSR count). The summed E-state index contributed by atoms with van der Waals surface area (Å²) in [6.45, 7) is 9.75. The average Bonchev–Trinajstić information content (AvgIpc) is 3.23. The highest BCUT2D eigenvalue weighted by Gasteiger charge is 2.51. The first-order chi connectivity index (χ1) is 15.9. The summed E-state index contributed by atoms with van der Waals surface area (Å²) >= 11 is 0. The van der Waals surface area contributed by atoms with Crippen LogP contribution in [-0.2, 0) is 10.3 Å². The van der Waals surface area contributed by atoms with Gasteiger partial charge in [-0.2, -0.15) is 0 Å². The topological polar surface area (TPSA) is 12.2 Å². The number of aryl methyl sites for hydroxylation is 4. The van der Waals surface area contributed by atoms with Gasteiger partial charge in [-0.25, -0.2) is 4.58 Å². The quantitative estimate of drug-likeness (QED) is 0.387. The van der Waals surface area contributed by atoms with Crippen LogP contribution in [0.15, 0.2) is 72.8 Å².